The van der Waals surface area contributed by atoms with Crippen LogP contribution >= 0.6 is 0 Å². The van der Waals surface area contributed by atoms with Gasteiger partial charge in [0.1, 0.15) is 0 Å². The lowest BCUT2D eigenvalue weighted by Crippen LogP contribution is -2.49. The van der Waals surface area contributed by atoms with Crippen LogP contribution in [-0.2, 0) is 4.79 Å². The molecule has 98 valence electrons. The standard InChI is InChI=1S/C12H16N2O4/c1-7-3-5-9(6-4-7)13-12(18)14-10(8(2)15)11(16)17/h3-6,8,10,15H,1-2H3,(H,16,17)(H2,13,14,18)/t8-,10+/m1/s1. The Morgan fingerprint density at radius 1 is 1.22 bits per heavy atom. The summed E-state index contributed by atoms with van der Waals surface area (Å²) in [5, 5.41) is 22.7. The molecule has 6 heteroatoms. The second-order valence-electron chi connectivity index (χ2n) is 4.02. The molecule has 0 aliphatic heterocycles. The van der Waals surface area contributed by atoms with Gasteiger partial charge in [-0.3, -0.25) is 0 Å². The SMILES string of the molecule is Cc1ccc(NC(=O)N[C@H](C(=O)O)[C@@H](C)O)cc1. The van der Waals surface area contributed by atoms with Crippen LogP contribution in [0.15, 0.2) is 24.3 Å². The van der Waals surface area contributed by atoms with Crippen LogP contribution in [0.5, 0.6) is 0 Å². The molecule has 0 fully saturated rings. The molecule has 1 aromatic carbocycles. The van der Waals surface area contributed by atoms with E-state index in [0.29, 0.717) is 5.69 Å². The summed E-state index contributed by atoms with van der Waals surface area (Å²) >= 11 is 0. The van der Waals surface area contributed by atoms with E-state index < -0.39 is 24.1 Å². The zero-order valence-corrected chi connectivity index (χ0v) is 10.2. The number of anilines is 1. The number of hydrogen-bond donors (Lipinski definition) is 4. The number of benzene rings is 1. The molecule has 0 saturated heterocycles. The van der Waals surface area contributed by atoms with E-state index in [-0.39, 0.29) is 0 Å². The van der Waals surface area contributed by atoms with Gasteiger partial charge in [-0.25, -0.2) is 9.59 Å². The molecule has 0 aliphatic rings. The molecule has 0 unspecified atom stereocenters. The highest BCUT2D eigenvalue weighted by molar-refractivity contribution is 5.92. The molecular weight excluding hydrogens is 236 g/mol. The maximum atomic E-state index is 11.5. The van der Waals surface area contributed by atoms with E-state index >= 15 is 0 Å². The molecule has 0 heterocycles. The van der Waals surface area contributed by atoms with E-state index in [4.69, 9.17) is 5.11 Å². The molecule has 0 aliphatic carbocycles. The van der Waals surface area contributed by atoms with Gasteiger partial charge in [0.15, 0.2) is 6.04 Å². The molecule has 2 atom stereocenters. The van der Waals surface area contributed by atoms with Crippen molar-refractivity contribution < 1.29 is 19.8 Å². The van der Waals surface area contributed by atoms with Crippen LogP contribution in [0.2, 0.25) is 0 Å². The number of carboxylic acid groups (broad SMARTS) is 1. The maximum Gasteiger partial charge on any atom is 0.328 e. The molecule has 0 saturated carbocycles. The van der Waals surface area contributed by atoms with Crippen molar-refractivity contribution in [3.8, 4) is 0 Å². The van der Waals surface area contributed by atoms with Gasteiger partial charge >= 0.3 is 12.0 Å². The average Bonchev–Trinajstić information content (AvgIpc) is 2.28. The minimum absolute atomic E-state index is 0.549. The summed E-state index contributed by atoms with van der Waals surface area (Å²) in [4.78, 5) is 22.3. The van der Waals surface area contributed by atoms with E-state index in [1.807, 2.05) is 19.1 Å². The zero-order chi connectivity index (χ0) is 13.7. The number of aliphatic hydroxyl groups excluding tert-OH is 1. The predicted molar refractivity (Wildman–Crippen MR) is 66.4 cm³/mol. The highest BCUT2D eigenvalue weighted by Crippen LogP contribution is 2.08. The summed E-state index contributed by atoms with van der Waals surface area (Å²) in [5.41, 5.74) is 1.60. The van der Waals surface area contributed by atoms with E-state index in [9.17, 15) is 14.7 Å². The van der Waals surface area contributed by atoms with E-state index in [1.54, 1.807) is 12.1 Å². The number of carbonyl (C=O) groups is 2. The van der Waals surface area contributed by atoms with Crippen LogP contribution in [0.25, 0.3) is 0 Å². The van der Waals surface area contributed by atoms with Gasteiger partial charge in [-0.15, -0.1) is 0 Å². The summed E-state index contributed by atoms with van der Waals surface area (Å²) in [5.74, 6) is -1.29. The van der Waals surface area contributed by atoms with E-state index in [2.05, 4.69) is 10.6 Å². The highest BCUT2D eigenvalue weighted by atomic mass is 16.4. The van der Waals surface area contributed by atoms with Gasteiger partial charge in [0.2, 0.25) is 0 Å². The number of hydrogen-bond acceptors (Lipinski definition) is 3. The molecule has 0 aromatic heterocycles. The molecule has 4 N–H and O–H groups in total. The fraction of sp³-hybridized carbons (Fsp3) is 0.333. The van der Waals surface area contributed by atoms with Crippen molar-refractivity contribution in [3.63, 3.8) is 0 Å². The number of urea groups is 1. The second-order valence-corrected chi connectivity index (χ2v) is 4.02. The Balaban J connectivity index is 2.60. The van der Waals surface area contributed by atoms with Gasteiger partial charge in [0.25, 0.3) is 0 Å². The Labute approximate surface area is 105 Å². The molecular formula is C12H16N2O4. The molecule has 0 bridgehead atoms. The lowest BCUT2D eigenvalue weighted by atomic mass is 10.2. The number of nitrogens with one attached hydrogen (secondary N) is 2. The van der Waals surface area contributed by atoms with Crippen molar-refractivity contribution >= 4 is 17.7 Å². The Morgan fingerprint density at radius 2 is 1.78 bits per heavy atom. The Hall–Kier alpha value is -2.08. The van der Waals surface area contributed by atoms with Crippen molar-refractivity contribution in [2.75, 3.05) is 5.32 Å². The number of aryl methyl sites for hydroxylation is 1. The minimum atomic E-state index is -1.34. The monoisotopic (exact) mass is 252 g/mol. The summed E-state index contributed by atoms with van der Waals surface area (Å²) in [7, 11) is 0. The van der Waals surface area contributed by atoms with Crippen molar-refractivity contribution in [2.24, 2.45) is 0 Å². The summed E-state index contributed by atoms with van der Waals surface area (Å²) in [6.07, 6.45) is -1.17. The largest absolute Gasteiger partial charge is 0.480 e. The zero-order valence-electron chi connectivity index (χ0n) is 10.2. The van der Waals surface area contributed by atoms with Gasteiger partial charge in [-0.05, 0) is 26.0 Å². The molecule has 0 radical (unpaired) electrons. The van der Waals surface area contributed by atoms with Crippen molar-refractivity contribution in [3.05, 3.63) is 29.8 Å². The van der Waals surface area contributed by atoms with Gasteiger partial charge in [0.05, 0.1) is 6.10 Å². The van der Waals surface area contributed by atoms with Crippen LogP contribution in [0.4, 0.5) is 10.5 Å². The first-order chi connectivity index (χ1) is 8.40. The fourth-order valence-corrected chi connectivity index (χ4v) is 1.33. The molecule has 6 nitrogen and oxygen atoms in total. The van der Waals surface area contributed by atoms with Crippen LogP contribution in [0.1, 0.15) is 12.5 Å². The number of aliphatic hydroxyl groups is 1. The summed E-state index contributed by atoms with van der Waals surface area (Å²) in [6, 6.07) is 5.03. The Bertz CT molecular complexity index is 428. The molecule has 0 spiro atoms. The Kier molecular flexibility index (Phi) is 4.67. The molecule has 1 rings (SSSR count). The van der Waals surface area contributed by atoms with Crippen molar-refractivity contribution in [1.82, 2.24) is 5.32 Å². The van der Waals surface area contributed by atoms with Crippen molar-refractivity contribution in [2.45, 2.75) is 26.0 Å². The number of aliphatic carboxylic acids is 1. The quantitative estimate of drug-likeness (QED) is 0.641. The lowest BCUT2D eigenvalue weighted by molar-refractivity contribution is -0.141. The van der Waals surface area contributed by atoms with Crippen LogP contribution in [0.3, 0.4) is 0 Å². The normalized spacial score (nSPS) is 13.5. The van der Waals surface area contributed by atoms with Crippen molar-refractivity contribution in [1.29, 1.82) is 0 Å². The van der Waals surface area contributed by atoms with Gasteiger partial charge in [0, 0.05) is 5.69 Å². The van der Waals surface area contributed by atoms with E-state index in [0.717, 1.165) is 5.56 Å². The highest BCUT2D eigenvalue weighted by Gasteiger charge is 2.24. The van der Waals surface area contributed by atoms with Crippen LogP contribution in [0, 0.1) is 6.92 Å². The van der Waals surface area contributed by atoms with Gasteiger partial charge in [-0.1, -0.05) is 17.7 Å². The van der Waals surface area contributed by atoms with Gasteiger partial charge in [-0.2, -0.15) is 0 Å². The average molecular weight is 252 g/mol. The fourth-order valence-electron chi connectivity index (χ4n) is 1.33. The minimum Gasteiger partial charge on any atom is -0.480 e. The third-order valence-electron chi connectivity index (χ3n) is 2.34. The van der Waals surface area contributed by atoms with Crippen LogP contribution in [-0.4, -0.2) is 34.4 Å². The molecule has 1 aromatic rings. The summed E-state index contributed by atoms with van der Waals surface area (Å²) in [6.45, 7) is 3.21. The second kappa shape index (κ2) is 6.02. The smallest absolute Gasteiger partial charge is 0.328 e. The Morgan fingerprint density at radius 3 is 2.22 bits per heavy atom. The maximum absolute atomic E-state index is 11.5. The predicted octanol–water partition coefficient (Wildman–Crippen LogP) is 0.951. The third-order valence-corrected chi connectivity index (χ3v) is 2.34. The van der Waals surface area contributed by atoms with Gasteiger partial charge < -0.3 is 20.8 Å². The summed E-state index contributed by atoms with van der Waals surface area (Å²) < 4.78 is 0. The lowest BCUT2D eigenvalue weighted by Gasteiger charge is -2.17. The molecule has 2 amide bonds. The third kappa shape index (κ3) is 4.06. The first kappa shape index (κ1) is 14.0. The number of carbonyl (C=O) groups excluding carboxylic acids is 1. The first-order valence-corrected chi connectivity index (χ1v) is 5.45. The van der Waals surface area contributed by atoms with Crippen LogP contribution < -0.4 is 10.6 Å². The topological polar surface area (TPSA) is 98.7 Å². The molecule has 18 heavy (non-hydrogen) atoms. The number of rotatable bonds is 4. The first-order valence-electron chi connectivity index (χ1n) is 5.45. The number of carboxylic acids is 1. The van der Waals surface area contributed by atoms with E-state index in [1.165, 1.54) is 6.92 Å². The number of amides is 2.